The van der Waals surface area contributed by atoms with Crippen LogP contribution in [0.4, 0.5) is 5.69 Å². The highest BCUT2D eigenvalue weighted by Crippen LogP contribution is 2.38. The second-order valence-electron chi connectivity index (χ2n) is 7.56. The second kappa shape index (κ2) is 7.78. The average molecular weight is 474 g/mol. The molecule has 31 heavy (non-hydrogen) atoms. The highest BCUT2D eigenvalue weighted by Gasteiger charge is 2.37. The van der Waals surface area contributed by atoms with Crippen molar-refractivity contribution in [2.75, 3.05) is 11.4 Å². The van der Waals surface area contributed by atoms with Crippen molar-refractivity contribution in [3.63, 3.8) is 0 Å². The van der Waals surface area contributed by atoms with E-state index in [2.05, 4.69) is 15.9 Å². The molecule has 4 aromatic rings. The Morgan fingerprint density at radius 3 is 2.42 bits per heavy atom. The summed E-state index contributed by atoms with van der Waals surface area (Å²) >= 11 is 3.45. The summed E-state index contributed by atoms with van der Waals surface area (Å²) in [5.41, 5.74) is 3.17. The Bertz CT molecular complexity index is 1360. The van der Waals surface area contributed by atoms with Crippen LogP contribution in [-0.4, -0.2) is 22.0 Å². The van der Waals surface area contributed by atoms with Crippen LogP contribution in [0.3, 0.4) is 0 Å². The minimum Gasteiger partial charge on any atom is -0.312 e. The first kappa shape index (κ1) is 19.7. The van der Waals surface area contributed by atoms with E-state index >= 15 is 0 Å². The first-order chi connectivity index (χ1) is 15.1. The number of anilines is 1. The van der Waals surface area contributed by atoms with E-state index in [1.807, 2.05) is 78.6 Å². The van der Waals surface area contributed by atoms with Gasteiger partial charge in [0.2, 0.25) is 5.91 Å². The van der Waals surface area contributed by atoms with Gasteiger partial charge in [0.1, 0.15) is 5.82 Å². The third kappa shape index (κ3) is 3.27. The molecule has 1 aliphatic heterocycles. The molecule has 0 unspecified atom stereocenters. The molecule has 5 rings (SSSR count). The fourth-order valence-corrected chi connectivity index (χ4v) is 4.61. The Morgan fingerprint density at radius 2 is 1.65 bits per heavy atom. The molecule has 0 N–H and O–H groups in total. The Hall–Kier alpha value is -3.25. The lowest BCUT2D eigenvalue weighted by Crippen LogP contribution is -2.31. The van der Waals surface area contributed by atoms with Gasteiger partial charge in [0.05, 0.1) is 22.5 Å². The molecule has 0 spiro atoms. The lowest BCUT2D eigenvalue weighted by atomic mass is 9.96. The van der Waals surface area contributed by atoms with Gasteiger partial charge in [0.25, 0.3) is 5.56 Å². The number of nitrogens with zero attached hydrogens (tertiary/aromatic N) is 3. The minimum absolute atomic E-state index is 0.0495. The largest absolute Gasteiger partial charge is 0.312 e. The molecule has 2 heterocycles. The molecule has 3 aromatic carbocycles. The number of fused-ring (bicyclic) bond motifs is 2. The number of amides is 1. The van der Waals surface area contributed by atoms with Crippen LogP contribution in [0.5, 0.6) is 0 Å². The Kier molecular flexibility index (Phi) is 4.94. The molecule has 1 atom stereocenters. The van der Waals surface area contributed by atoms with Crippen LogP contribution >= 0.6 is 15.9 Å². The molecule has 0 bridgehead atoms. The Balaban J connectivity index is 1.70. The standard InChI is InChI=1S/C25H20BrN3O2/c1-2-28-22-10-6-4-7-18(22)20(24(28)30)15-23-27-21-9-5-3-8-19(21)25(31)29(23)17-13-11-16(26)12-14-17/h3-14,20H,2,15H2,1H3/t20-/m0/s1. The van der Waals surface area contributed by atoms with E-state index in [4.69, 9.17) is 4.98 Å². The zero-order valence-corrected chi connectivity index (χ0v) is 18.5. The smallest absolute Gasteiger partial charge is 0.265 e. The topological polar surface area (TPSA) is 55.2 Å². The van der Waals surface area contributed by atoms with E-state index in [9.17, 15) is 9.59 Å². The van der Waals surface area contributed by atoms with Gasteiger partial charge in [-0.3, -0.25) is 14.2 Å². The maximum absolute atomic E-state index is 13.5. The number of halogens is 1. The summed E-state index contributed by atoms with van der Waals surface area (Å²) in [4.78, 5) is 33.4. The Labute approximate surface area is 188 Å². The molecule has 1 aliphatic rings. The number of hydrogen-bond donors (Lipinski definition) is 0. The molecule has 0 aliphatic carbocycles. The van der Waals surface area contributed by atoms with E-state index in [1.54, 1.807) is 10.6 Å². The molecule has 0 fully saturated rings. The molecule has 154 valence electrons. The van der Waals surface area contributed by atoms with E-state index in [1.165, 1.54) is 0 Å². The highest BCUT2D eigenvalue weighted by atomic mass is 79.9. The molecular formula is C25H20BrN3O2. The molecule has 5 nitrogen and oxygen atoms in total. The van der Waals surface area contributed by atoms with Crippen LogP contribution in [0.15, 0.2) is 82.1 Å². The highest BCUT2D eigenvalue weighted by molar-refractivity contribution is 9.10. The first-order valence-corrected chi connectivity index (χ1v) is 11.0. The zero-order chi connectivity index (χ0) is 21.5. The molecule has 0 radical (unpaired) electrons. The number of hydrogen-bond acceptors (Lipinski definition) is 3. The van der Waals surface area contributed by atoms with Gasteiger partial charge in [-0.05, 0) is 55.0 Å². The normalized spacial score (nSPS) is 15.5. The lowest BCUT2D eigenvalue weighted by molar-refractivity contribution is -0.119. The van der Waals surface area contributed by atoms with Crippen LogP contribution in [0.25, 0.3) is 16.6 Å². The summed E-state index contributed by atoms with van der Waals surface area (Å²) in [6, 6.07) is 22.8. The maximum atomic E-state index is 13.5. The van der Waals surface area contributed by atoms with Crippen molar-refractivity contribution in [3.8, 4) is 5.69 Å². The molecule has 1 aromatic heterocycles. The van der Waals surface area contributed by atoms with Crippen molar-refractivity contribution in [3.05, 3.63) is 99.0 Å². The monoisotopic (exact) mass is 473 g/mol. The fourth-order valence-electron chi connectivity index (χ4n) is 4.35. The van der Waals surface area contributed by atoms with Crippen LogP contribution in [0.2, 0.25) is 0 Å². The molecule has 0 saturated carbocycles. The summed E-state index contributed by atoms with van der Waals surface area (Å²) in [6.45, 7) is 2.58. The molecular weight excluding hydrogens is 454 g/mol. The third-order valence-corrected chi connectivity index (χ3v) is 6.33. The van der Waals surface area contributed by atoms with E-state index in [0.29, 0.717) is 29.7 Å². The number of aromatic nitrogens is 2. The van der Waals surface area contributed by atoms with Gasteiger partial charge in [-0.1, -0.05) is 46.3 Å². The Morgan fingerprint density at radius 1 is 0.935 bits per heavy atom. The van der Waals surface area contributed by atoms with Crippen molar-refractivity contribution in [2.24, 2.45) is 0 Å². The SMILES string of the molecule is CCN1C(=O)[C@@H](Cc2nc3ccccc3c(=O)n2-c2ccc(Br)cc2)c2ccccc21. The minimum atomic E-state index is -0.370. The summed E-state index contributed by atoms with van der Waals surface area (Å²) in [6.07, 6.45) is 0.350. The van der Waals surface area contributed by atoms with Crippen LogP contribution < -0.4 is 10.5 Å². The van der Waals surface area contributed by atoms with Gasteiger partial charge >= 0.3 is 0 Å². The van der Waals surface area contributed by atoms with Gasteiger partial charge in [-0.2, -0.15) is 0 Å². The van der Waals surface area contributed by atoms with Gasteiger partial charge in [-0.25, -0.2) is 4.98 Å². The quantitative estimate of drug-likeness (QED) is 0.426. The van der Waals surface area contributed by atoms with Crippen molar-refractivity contribution < 1.29 is 4.79 Å². The van der Waals surface area contributed by atoms with Crippen molar-refractivity contribution in [1.82, 2.24) is 9.55 Å². The van der Waals surface area contributed by atoms with Crippen molar-refractivity contribution in [2.45, 2.75) is 19.3 Å². The van der Waals surface area contributed by atoms with Gasteiger partial charge < -0.3 is 4.90 Å². The van der Waals surface area contributed by atoms with Crippen molar-refractivity contribution >= 4 is 38.4 Å². The van der Waals surface area contributed by atoms with Crippen LogP contribution in [-0.2, 0) is 11.2 Å². The van der Waals surface area contributed by atoms with Crippen LogP contribution in [0, 0.1) is 0 Å². The predicted octanol–water partition coefficient (Wildman–Crippen LogP) is 4.84. The lowest BCUT2D eigenvalue weighted by Gasteiger charge is -2.17. The summed E-state index contributed by atoms with van der Waals surface area (Å²) in [7, 11) is 0. The number of likely N-dealkylation sites (N-methyl/N-ethyl adjacent to an activating group) is 1. The fraction of sp³-hybridized carbons (Fsp3) is 0.160. The second-order valence-corrected chi connectivity index (χ2v) is 8.48. The summed E-state index contributed by atoms with van der Waals surface area (Å²) < 4.78 is 2.57. The number of benzene rings is 3. The van der Waals surface area contributed by atoms with E-state index < -0.39 is 0 Å². The van der Waals surface area contributed by atoms with Gasteiger partial charge in [-0.15, -0.1) is 0 Å². The number of para-hydroxylation sites is 2. The van der Waals surface area contributed by atoms with Crippen LogP contribution in [0.1, 0.15) is 24.2 Å². The molecule has 6 heteroatoms. The summed E-state index contributed by atoms with van der Waals surface area (Å²) in [5.74, 6) is 0.261. The van der Waals surface area contributed by atoms with Gasteiger partial charge in [0, 0.05) is 23.1 Å². The molecule has 1 amide bonds. The summed E-state index contributed by atoms with van der Waals surface area (Å²) in [5, 5.41) is 0.558. The number of carbonyl (C=O) groups is 1. The van der Waals surface area contributed by atoms with E-state index in [-0.39, 0.29) is 17.4 Å². The first-order valence-electron chi connectivity index (χ1n) is 10.3. The van der Waals surface area contributed by atoms with Gasteiger partial charge in [0.15, 0.2) is 0 Å². The van der Waals surface area contributed by atoms with E-state index in [0.717, 1.165) is 21.4 Å². The number of carbonyl (C=O) groups excluding carboxylic acids is 1. The predicted molar refractivity (Wildman–Crippen MR) is 126 cm³/mol. The maximum Gasteiger partial charge on any atom is 0.265 e. The number of rotatable bonds is 4. The molecule has 0 saturated heterocycles. The third-order valence-electron chi connectivity index (χ3n) is 5.80. The van der Waals surface area contributed by atoms with Crippen molar-refractivity contribution in [1.29, 1.82) is 0 Å². The zero-order valence-electron chi connectivity index (χ0n) is 17.0. The average Bonchev–Trinajstić information content (AvgIpc) is 3.06.